The van der Waals surface area contributed by atoms with Gasteiger partial charge in [0.1, 0.15) is 0 Å². The van der Waals surface area contributed by atoms with Crippen LogP contribution < -0.4 is 0 Å². The zero-order valence-electron chi connectivity index (χ0n) is 7.39. The summed E-state index contributed by atoms with van der Waals surface area (Å²) in [5.41, 5.74) is 1.93. The van der Waals surface area contributed by atoms with Gasteiger partial charge in [-0.25, -0.2) is 0 Å². The van der Waals surface area contributed by atoms with Gasteiger partial charge in [0.2, 0.25) is 0 Å². The zero-order chi connectivity index (χ0) is 10.1. The molecule has 0 atom stereocenters. The normalized spacial score (nSPS) is 18.4. The fraction of sp³-hybridized carbons (Fsp3) is 0.182. The van der Waals surface area contributed by atoms with Crippen LogP contribution in [-0.2, 0) is 4.79 Å². The summed E-state index contributed by atoms with van der Waals surface area (Å²) in [7, 11) is 0. The molecule has 1 aromatic rings. The standard InChI is InChI=1S/C11H8BrClO/c12-9-6-7(1-3-10(9)13)5-8-2-4-11(8)14/h1,3,5-6H,2,4H2/b8-5+. The van der Waals surface area contributed by atoms with Gasteiger partial charge in [0, 0.05) is 10.9 Å². The quantitative estimate of drug-likeness (QED) is 0.709. The van der Waals surface area contributed by atoms with E-state index in [1.807, 2.05) is 24.3 Å². The smallest absolute Gasteiger partial charge is 0.159 e. The highest BCUT2D eigenvalue weighted by Crippen LogP contribution is 2.27. The number of hydrogen-bond donors (Lipinski definition) is 0. The molecule has 0 aromatic heterocycles. The van der Waals surface area contributed by atoms with Crippen molar-refractivity contribution in [1.82, 2.24) is 0 Å². The lowest BCUT2D eigenvalue weighted by molar-refractivity contribution is -0.118. The Morgan fingerprint density at radius 1 is 1.36 bits per heavy atom. The van der Waals surface area contributed by atoms with E-state index in [1.54, 1.807) is 0 Å². The third-order valence-electron chi connectivity index (χ3n) is 2.26. The van der Waals surface area contributed by atoms with Crippen LogP contribution in [0.1, 0.15) is 18.4 Å². The zero-order valence-corrected chi connectivity index (χ0v) is 9.73. The first-order chi connectivity index (χ1) is 6.66. The summed E-state index contributed by atoms with van der Waals surface area (Å²) in [4.78, 5) is 11.1. The Hall–Kier alpha value is -0.600. The van der Waals surface area contributed by atoms with Crippen molar-refractivity contribution in [2.24, 2.45) is 0 Å². The van der Waals surface area contributed by atoms with Crippen LogP contribution in [0.25, 0.3) is 6.08 Å². The molecular weight excluding hydrogens is 263 g/mol. The van der Waals surface area contributed by atoms with Crippen LogP contribution in [-0.4, -0.2) is 5.78 Å². The monoisotopic (exact) mass is 270 g/mol. The molecule has 0 spiro atoms. The van der Waals surface area contributed by atoms with Gasteiger partial charge in [0.15, 0.2) is 5.78 Å². The van der Waals surface area contributed by atoms with Gasteiger partial charge in [-0.05, 0) is 51.7 Å². The van der Waals surface area contributed by atoms with Crippen molar-refractivity contribution in [1.29, 1.82) is 0 Å². The number of ketones is 1. The minimum Gasteiger partial charge on any atom is -0.295 e. The minimum atomic E-state index is 0.260. The van der Waals surface area contributed by atoms with E-state index in [9.17, 15) is 4.79 Å². The van der Waals surface area contributed by atoms with Gasteiger partial charge in [-0.3, -0.25) is 4.79 Å². The largest absolute Gasteiger partial charge is 0.295 e. The average Bonchev–Trinajstić information content (AvgIpc) is 2.17. The summed E-state index contributed by atoms with van der Waals surface area (Å²) in [6.45, 7) is 0. The number of halogens is 2. The molecule has 1 aliphatic carbocycles. The van der Waals surface area contributed by atoms with Gasteiger partial charge in [-0.2, -0.15) is 0 Å². The summed E-state index contributed by atoms with van der Waals surface area (Å²) in [6, 6.07) is 5.65. The van der Waals surface area contributed by atoms with Crippen LogP contribution in [0.4, 0.5) is 0 Å². The van der Waals surface area contributed by atoms with Gasteiger partial charge in [-0.15, -0.1) is 0 Å². The second-order valence-electron chi connectivity index (χ2n) is 3.27. The van der Waals surface area contributed by atoms with E-state index in [1.165, 1.54) is 0 Å². The second kappa shape index (κ2) is 3.87. The number of carbonyl (C=O) groups excluding carboxylic acids is 1. The maximum atomic E-state index is 11.1. The Morgan fingerprint density at radius 2 is 2.14 bits per heavy atom. The second-order valence-corrected chi connectivity index (χ2v) is 4.53. The predicted molar refractivity (Wildman–Crippen MR) is 61.4 cm³/mol. The predicted octanol–water partition coefficient (Wildman–Crippen LogP) is 3.85. The molecule has 72 valence electrons. The molecule has 0 aliphatic heterocycles. The van der Waals surface area contributed by atoms with Crippen LogP contribution in [0.5, 0.6) is 0 Å². The average molecular weight is 272 g/mol. The fourth-order valence-corrected chi connectivity index (χ4v) is 1.84. The molecule has 0 unspecified atom stereocenters. The number of allylic oxidation sites excluding steroid dienone is 1. The van der Waals surface area contributed by atoms with Gasteiger partial charge in [0.25, 0.3) is 0 Å². The molecule has 0 bridgehead atoms. The van der Waals surface area contributed by atoms with E-state index in [2.05, 4.69) is 15.9 Å². The van der Waals surface area contributed by atoms with Gasteiger partial charge in [-0.1, -0.05) is 17.7 Å². The molecular formula is C11H8BrClO. The Bertz CT molecular complexity index is 423. The van der Waals surface area contributed by atoms with E-state index >= 15 is 0 Å². The Labute approximate surface area is 95.9 Å². The fourth-order valence-electron chi connectivity index (χ4n) is 1.33. The van der Waals surface area contributed by atoms with Crippen molar-refractivity contribution in [3.8, 4) is 0 Å². The Kier molecular flexibility index (Phi) is 2.75. The van der Waals surface area contributed by atoms with Crippen molar-refractivity contribution in [3.63, 3.8) is 0 Å². The number of rotatable bonds is 1. The number of hydrogen-bond acceptors (Lipinski definition) is 1. The molecule has 2 rings (SSSR count). The molecule has 0 radical (unpaired) electrons. The van der Waals surface area contributed by atoms with Gasteiger partial charge < -0.3 is 0 Å². The lowest BCUT2D eigenvalue weighted by atomic mass is 9.89. The molecule has 1 saturated carbocycles. The Morgan fingerprint density at radius 3 is 2.64 bits per heavy atom. The first kappa shape index (κ1) is 9.94. The molecule has 0 amide bonds. The minimum absolute atomic E-state index is 0.260. The van der Waals surface area contributed by atoms with Gasteiger partial charge >= 0.3 is 0 Å². The van der Waals surface area contributed by atoms with E-state index in [0.29, 0.717) is 11.4 Å². The third-order valence-corrected chi connectivity index (χ3v) is 3.48. The van der Waals surface area contributed by atoms with E-state index < -0.39 is 0 Å². The highest BCUT2D eigenvalue weighted by Gasteiger charge is 2.19. The number of carbonyl (C=O) groups is 1. The first-order valence-corrected chi connectivity index (χ1v) is 5.53. The number of Topliss-reactive ketones (excluding diaryl/α,β-unsaturated/α-hetero) is 1. The molecule has 3 heteroatoms. The van der Waals surface area contributed by atoms with Crippen molar-refractivity contribution in [3.05, 3.63) is 38.8 Å². The van der Waals surface area contributed by atoms with Gasteiger partial charge in [0.05, 0.1) is 5.02 Å². The van der Waals surface area contributed by atoms with Crippen molar-refractivity contribution in [2.45, 2.75) is 12.8 Å². The van der Waals surface area contributed by atoms with Crippen LogP contribution >= 0.6 is 27.5 Å². The summed E-state index contributed by atoms with van der Waals surface area (Å²) >= 11 is 9.20. The maximum absolute atomic E-state index is 11.1. The first-order valence-electron chi connectivity index (χ1n) is 4.35. The van der Waals surface area contributed by atoms with Crippen LogP contribution in [0.15, 0.2) is 28.2 Å². The van der Waals surface area contributed by atoms with Crippen molar-refractivity contribution >= 4 is 39.4 Å². The molecule has 1 nitrogen and oxygen atoms in total. The summed E-state index contributed by atoms with van der Waals surface area (Å²) < 4.78 is 0.861. The maximum Gasteiger partial charge on any atom is 0.159 e. The summed E-state index contributed by atoms with van der Waals surface area (Å²) in [5, 5.41) is 0.687. The molecule has 14 heavy (non-hydrogen) atoms. The van der Waals surface area contributed by atoms with E-state index in [4.69, 9.17) is 11.6 Å². The summed E-state index contributed by atoms with van der Waals surface area (Å²) in [5.74, 6) is 0.260. The SMILES string of the molecule is O=C1CC/C1=C\c1ccc(Cl)c(Br)c1. The third kappa shape index (κ3) is 1.91. The van der Waals surface area contributed by atoms with Crippen molar-refractivity contribution in [2.75, 3.05) is 0 Å². The molecule has 0 heterocycles. The number of benzene rings is 1. The highest BCUT2D eigenvalue weighted by molar-refractivity contribution is 9.10. The van der Waals surface area contributed by atoms with E-state index in [0.717, 1.165) is 22.0 Å². The lowest BCUT2D eigenvalue weighted by Crippen LogP contribution is -2.13. The van der Waals surface area contributed by atoms with Crippen LogP contribution in [0.2, 0.25) is 5.02 Å². The van der Waals surface area contributed by atoms with Crippen LogP contribution in [0.3, 0.4) is 0 Å². The van der Waals surface area contributed by atoms with Crippen molar-refractivity contribution < 1.29 is 4.79 Å². The topological polar surface area (TPSA) is 17.1 Å². The highest BCUT2D eigenvalue weighted by atomic mass is 79.9. The molecule has 0 saturated heterocycles. The van der Waals surface area contributed by atoms with Crippen LogP contribution in [0, 0.1) is 0 Å². The summed E-state index contributed by atoms with van der Waals surface area (Å²) in [6.07, 6.45) is 3.52. The van der Waals surface area contributed by atoms with E-state index in [-0.39, 0.29) is 5.78 Å². The molecule has 0 N–H and O–H groups in total. The molecule has 1 aromatic carbocycles. The molecule has 1 fully saturated rings. The molecule has 1 aliphatic rings. The Balaban J connectivity index is 2.30. The lowest BCUT2D eigenvalue weighted by Gasteiger charge is -2.14.